The molecule has 3 rings (SSSR count). The Bertz CT molecular complexity index is 831. The van der Waals surface area contributed by atoms with Gasteiger partial charge in [-0.15, -0.1) is 0 Å². The summed E-state index contributed by atoms with van der Waals surface area (Å²) in [5.74, 6) is 0.620. The van der Waals surface area contributed by atoms with Crippen LogP contribution in [0.4, 0.5) is 5.69 Å². The molecule has 0 saturated heterocycles. The molecule has 0 bridgehead atoms. The van der Waals surface area contributed by atoms with Gasteiger partial charge in [0.15, 0.2) is 11.5 Å². The van der Waals surface area contributed by atoms with Crippen LogP contribution in [0.25, 0.3) is 5.57 Å². The van der Waals surface area contributed by atoms with Gasteiger partial charge in [-0.1, -0.05) is 37.3 Å². The average Bonchev–Trinajstić information content (AvgIpc) is 3.13. The van der Waals surface area contributed by atoms with E-state index in [0.717, 1.165) is 17.6 Å². The molecule has 0 unspecified atom stereocenters. The number of carbonyl (C=O) groups excluding carboxylic acids is 2. The third-order valence-corrected chi connectivity index (χ3v) is 3.91. The average molecular weight is 352 g/mol. The minimum atomic E-state index is -0.316. The van der Waals surface area contributed by atoms with Crippen LogP contribution in [0.3, 0.4) is 0 Å². The molecule has 0 saturated carbocycles. The molecular formula is C20H20N2O4. The van der Waals surface area contributed by atoms with Crippen LogP contribution in [0.15, 0.2) is 54.6 Å². The van der Waals surface area contributed by atoms with Crippen molar-refractivity contribution in [3.8, 4) is 11.5 Å². The number of amides is 2. The first kappa shape index (κ1) is 17.5. The van der Waals surface area contributed by atoms with Crippen LogP contribution >= 0.6 is 0 Å². The first-order chi connectivity index (χ1) is 12.7. The van der Waals surface area contributed by atoms with E-state index in [1.54, 1.807) is 18.2 Å². The lowest BCUT2D eigenvalue weighted by Crippen LogP contribution is -2.31. The van der Waals surface area contributed by atoms with E-state index in [1.807, 2.05) is 37.3 Å². The number of ether oxygens (including phenoxy) is 2. The summed E-state index contributed by atoms with van der Waals surface area (Å²) in [4.78, 5) is 24.1. The summed E-state index contributed by atoms with van der Waals surface area (Å²) in [7, 11) is 0. The molecule has 1 heterocycles. The Morgan fingerprint density at radius 2 is 1.85 bits per heavy atom. The van der Waals surface area contributed by atoms with Gasteiger partial charge in [0, 0.05) is 17.8 Å². The first-order valence-corrected chi connectivity index (χ1v) is 8.39. The van der Waals surface area contributed by atoms with E-state index >= 15 is 0 Å². The summed E-state index contributed by atoms with van der Waals surface area (Å²) in [6.45, 7) is 2.05. The highest BCUT2D eigenvalue weighted by atomic mass is 16.7. The Hall–Kier alpha value is -3.28. The third-order valence-electron chi connectivity index (χ3n) is 3.91. The molecule has 0 aromatic heterocycles. The molecule has 0 radical (unpaired) electrons. The molecule has 0 spiro atoms. The first-order valence-electron chi connectivity index (χ1n) is 8.39. The zero-order valence-electron chi connectivity index (χ0n) is 14.5. The molecular weight excluding hydrogens is 332 g/mol. The summed E-state index contributed by atoms with van der Waals surface area (Å²) in [5, 5.41) is 5.32. The van der Waals surface area contributed by atoms with Crippen molar-refractivity contribution in [3.05, 3.63) is 60.2 Å². The van der Waals surface area contributed by atoms with E-state index < -0.39 is 0 Å². The number of hydrogen-bond acceptors (Lipinski definition) is 4. The van der Waals surface area contributed by atoms with Crippen LogP contribution in [0, 0.1) is 0 Å². The Labute approximate surface area is 151 Å². The zero-order valence-corrected chi connectivity index (χ0v) is 14.5. The molecule has 6 heteroatoms. The van der Waals surface area contributed by atoms with Crippen molar-refractivity contribution in [1.29, 1.82) is 0 Å². The molecule has 0 atom stereocenters. The van der Waals surface area contributed by atoms with E-state index in [2.05, 4.69) is 10.6 Å². The van der Waals surface area contributed by atoms with Gasteiger partial charge in [-0.2, -0.15) is 0 Å². The largest absolute Gasteiger partial charge is 0.454 e. The van der Waals surface area contributed by atoms with E-state index in [0.29, 0.717) is 17.2 Å². The Morgan fingerprint density at radius 1 is 1.08 bits per heavy atom. The third kappa shape index (κ3) is 4.42. The van der Waals surface area contributed by atoms with Gasteiger partial charge < -0.3 is 20.1 Å². The monoisotopic (exact) mass is 352 g/mol. The minimum Gasteiger partial charge on any atom is -0.454 e. The van der Waals surface area contributed by atoms with E-state index in [1.165, 1.54) is 6.08 Å². The lowest BCUT2D eigenvalue weighted by atomic mass is 10.0. The SMILES string of the molecule is CC/C(=C\C(=O)NCC(=O)Nc1ccc2c(c1)OCO2)c1ccccc1. The molecule has 1 aliphatic heterocycles. The number of nitrogens with one attached hydrogen (secondary N) is 2. The van der Waals surface area contributed by atoms with Crippen molar-refractivity contribution in [2.75, 3.05) is 18.7 Å². The van der Waals surface area contributed by atoms with Crippen molar-refractivity contribution in [3.63, 3.8) is 0 Å². The molecule has 2 amide bonds. The predicted octanol–water partition coefficient (Wildman–Crippen LogP) is 2.96. The highest BCUT2D eigenvalue weighted by Gasteiger charge is 2.14. The summed E-state index contributed by atoms with van der Waals surface area (Å²) in [6, 6.07) is 14.8. The van der Waals surface area contributed by atoms with Crippen LogP contribution in [0.2, 0.25) is 0 Å². The van der Waals surface area contributed by atoms with Gasteiger partial charge >= 0.3 is 0 Å². The van der Waals surface area contributed by atoms with Crippen LogP contribution in [-0.2, 0) is 9.59 Å². The van der Waals surface area contributed by atoms with Gasteiger partial charge in [0.1, 0.15) is 0 Å². The maximum absolute atomic E-state index is 12.1. The number of hydrogen-bond donors (Lipinski definition) is 2. The maximum atomic E-state index is 12.1. The second-order valence-corrected chi connectivity index (χ2v) is 5.72. The standard InChI is InChI=1S/C20H20N2O4/c1-2-14(15-6-4-3-5-7-15)10-19(23)21-12-20(24)22-16-8-9-17-18(11-16)26-13-25-17/h3-11H,2,12-13H2,1H3,(H,21,23)(H,22,24)/b14-10+. The fourth-order valence-electron chi connectivity index (χ4n) is 2.60. The number of fused-ring (bicyclic) bond motifs is 1. The van der Waals surface area contributed by atoms with Gasteiger partial charge in [-0.3, -0.25) is 9.59 Å². The van der Waals surface area contributed by atoms with Crippen LogP contribution in [0.5, 0.6) is 11.5 Å². The Kier molecular flexibility index (Phi) is 5.53. The summed E-state index contributed by atoms with van der Waals surface area (Å²) < 4.78 is 10.5. The fraction of sp³-hybridized carbons (Fsp3) is 0.200. The minimum absolute atomic E-state index is 0.116. The van der Waals surface area contributed by atoms with Gasteiger partial charge in [0.2, 0.25) is 18.6 Å². The van der Waals surface area contributed by atoms with Gasteiger partial charge in [0.25, 0.3) is 0 Å². The van der Waals surface area contributed by atoms with Gasteiger partial charge in [-0.05, 0) is 29.7 Å². The Balaban J connectivity index is 1.54. The van der Waals surface area contributed by atoms with Crippen molar-refractivity contribution in [2.24, 2.45) is 0 Å². The smallest absolute Gasteiger partial charge is 0.244 e. The molecule has 26 heavy (non-hydrogen) atoms. The summed E-state index contributed by atoms with van der Waals surface area (Å²) in [6.07, 6.45) is 2.25. The highest BCUT2D eigenvalue weighted by Crippen LogP contribution is 2.34. The lowest BCUT2D eigenvalue weighted by Gasteiger charge is -2.08. The molecule has 0 aliphatic carbocycles. The van der Waals surface area contributed by atoms with Crippen molar-refractivity contribution >= 4 is 23.1 Å². The topological polar surface area (TPSA) is 76.7 Å². The molecule has 6 nitrogen and oxygen atoms in total. The number of carbonyl (C=O) groups is 2. The summed E-state index contributed by atoms with van der Waals surface area (Å²) >= 11 is 0. The molecule has 1 aliphatic rings. The highest BCUT2D eigenvalue weighted by molar-refractivity contribution is 5.99. The van der Waals surface area contributed by atoms with Crippen LogP contribution < -0.4 is 20.1 Å². The van der Waals surface area contributed by atoms with Crippen LogP contribution in [-0.4, -0.2) is 25.2 Å². The van der Waals surface area contributed by atoms with E-state index in [-0.39, 0.29) is 25.2 Å². The number of rotatable bonds is 6. The second-order valence-electron chi connectivity index (χ2n) is 5.72. The fourth-order valence-corrected chi connectivity index (χ4v) is 2.60. The molecule has 0 fully saturated rings. The molecule has 134 valence electrons. The maximum Gasteiger partial charge on any atom is 0.244 e. The van der Waals surface area contributed by atoms with Gasteiger partial charge in [0.05, 0.1) is 6.54 Å². The van der Waals surface area contributed by atoms with Crippen molar-refractivity contribution in [1.82, 2.24) is 5.32 Å². The van der Waals surface area contributed by atoms with E-state index in [9.17, 15) is 9.59 Å². The van der Waals surface area contributed by atoms with Crippen molar-refractivity contribution < 1.29 is 19.1 Å². The van der Waals surface area contributed by atoms with Crippen molar-refractivity contribution in [2.45, 2.75) is 13.3 Å². The van der Waals surface area contributed by atoms with E-state index in [4.69, 9.17) is 9.47 Å². The second kappa shape index (κ2) is 8.20. The summed E-state index contributed by atoms with van der Waals surface area (Å²) in [5.41, 5.74) is 2.50. The molecule has 2 aromatic carbocycles. The number of benzene rings is 2. The normalized spacial score (nSPS) is 12.6. The van der Waals surface area contributed by atoms with Gasteiger partial charge in [-0.25, -0.2) is 0 Å². The predicted molar refractivity (Wildman–Crippen MR) is 98.9 cm³/mol. The van der Waals surface area contributed by atoms with Crippen LogP contribution in [0.1, 0.15) is 18.9 Å². The quantitative estimate of drug-likeness (QED) is 0.784. The molecule has 2 N–H and O–H groups in total. The number of allylic oxidation sites excluding steroid dienone is 1. The molecule has 2 aromatic rings. The Morgan fingerprint density at radius 3 is 2.62 bits per heavy atom. The zero-order chi connectivity index (χ0) is 18.4. The number of anilines is 1. The lowest BCUT2D eigenvalue weighted by molar-refractivity contribution is -0.121.